The second-order valence-corrected chi connectivity index (χ2v) is 7.84. The highest BCUT2D eigenvalue weighted by Crippen LogP contribution is 2.30. The number of carbonyl (C=O) groups excluding carboxylic acids is 1. The number of hydrogen-bond donors (Lipinski definition) is 1. The lowest BCUT2D eigenvalue weighted by molar-refractivity contribution is -0.118. The molecule has 0 fully saturated rings. The van der Waals surface area contributed by atoms with E-state index in [0.717, 1.165) is 21.5 Å². The standard InChI is InChI=1S/C22H17ClN4O2S/c1-14-12-15(30-22-25-10-3-11-26-22)5-7-18(14)27-20(28)13-29-19-8-6-17(23)16-4-2-9-24-21(16)19/h2-12H,13H2,1H3,(H,27,28). The lowest BCUT2D eigenvalue weighted by Crippen LogP contribution is -2.20. The summed E-state index contributed by atoms with van der Waals surface area (Å²) in [5.74, 6) is 0.250. The molecule has 0 aliphatic rings. The Labute approximate surface area is 182 Å². The Morgan fingerprint density at radius 3 is 2.67 bits per heavy atom. The normalized spacial score (nSPS) is 10.7. The third-order valence-electron chi connectivity index (χ3n) is 4.26. The number of hydrogen-bond acceptors (Lipinski definition) is 6. The smallest absolute Gasteiger partial charge is 0.262 e. The van der Waals surface area contributed by atoms with Gasteiger partial charge in [0.15, 0.2) is 11.8 Å². The van der Waals surface area contributed by atoms with E-state index in [9.17, 15) is 4.79 Å². The van der Waals surface area contributed by atoms with E-state index in [4.69, 9.17) is 16.3 Å². The molecule has 0 aliphatic carbocycles. The first-order chi connectivity index (χ1) is 14.6. The van der Waals surface area contributed by atoms with Crippen LogP contribution in [0.1, 0.15) is 5.56 Å². The molecule has 2 heterocycles. The summed E-state index contributed by atoms with van der Waals surface area (Å²) in [6.45, 7) is 1.80. The van der Waals surface area contributed by atoms with Gasteiger partial charge in [0, 0.05) is 34.6 Å². The monoisotopic (exact) mass is 436 g/mol. The number of halogens is 1. The summed E-state index contributed by atoms with van der Waals surface area (Å²) >= 11 is 7.66. The Balaban J connectivity index is 1.40. The molecule has 0 atom stereocenters. The van der Waals surface area contributed by atoms with Crippen molar-refractivity contribution in [2.24, 2.45) is 0 Å². The number of nitrogens with zero attached hydrogens (tertiary/aromatic N) is 3. The number of ether oxygens (including phenoxy) is 1. The Morgan fingerprint density at radius 2 is 1.87 bits per heavy atom. The molecule has 6 nitrogen and oxygen atoms in total. The minimum Gasteiger partial charge on any atom is -0.481 e. The molecule has 0 aliphatic heterocycles. The number of pyridine rings is 1. The van der Waals surface area contributed by atoms with Gasteiger partial charge >= 0.3 is 0 Å². The first-order valence-corrected chi connectivity index (χ1v) is 10.3. The van der Waals surface area contributed by atoms with Crippen LogP contribution in [-0.4, -0.2) is 27.5 Å². The maximum atomic E-state index is 12.4. The molecule has 1 N–H and O–H groups in total. The van der Waals surface area contributed by atoms with E-state index in [2.05, 4.69) is 20.3 Å². The zero-order chi connectivity index (χ0) is 20.9. The lowest BCUT2D eigenvalue weighted by Gasteiger charge is -2.12. The van der Waals surface area contributed by atoms with Crippen molar-refractivity contribution in [3.8, 4) is 5.75 Å². The predicted octanol–water partition coefficient (Wildman–Crippen LogP) is 5.16. The summed E-state index contributed by atoms with van der Waals surface area (Å²) in [6.07, 6.45) is 5.07. The summed E-state index contributed by atoms with van der Waals surface area (Å²) in [5, 5.41) is 4.92. The predicted molar refractivity (Wildman–Crippen MR) is 118 cm³/mol. The highest BCUT2D eigenvalue weighted by atomic mass is 35.5. The van der Waals surface area contributed by atoms with Gasteiger partial charge in [0.25, 0.3) is 5.91 Å². The highest BCUT2D eigenvalue weighted by molar-refractivity contribution is 7.99. The molecule has 0 radical (unpaired) electrons. The van der Waals surface area contributed by atoms with E-state index in [1.165, 1.54) is 11.8 Å². The Morgan fingerprint density at radius 1 is 1.07 bits per heavy atom. The average molecular weight is 437 g/mol. The van der Waals surface area contributed by atoms with Crippen LogP contribution < -0.4 is 10.1 Å². The van der Waals surface area contributed by atoms with E-state index in [-0.39, 0.29) is 12.5 Å². The van der Waals surface area contributed by atoms with Crippen LogP contribution in [-0.2, 0) is 4.79 Å². The number of nitrogens with one attached hydrogen (secondary N) is 1. The third-order valence-corrected chi connectivity index (χ3v) is 5.47. The zero-order valence-electron chi connectivity index (χ0n) is 16.0. The summed E-state index contributed by atoms with van der Waals surface area (Å²) in [5.41, 5.74) is 2.28. The van der Waals surface area contributed by atoms with E-state index in [1.807, 2.05) is 31.2 Å². The Hall–Kier alpha value is -3.16. The summed E-state index contributed by atoms with van der Waals surface area (Å²) in [6, 6.07) is 14.6. The molecule has 0 spiro atoms. The van der Waals surface area contributed by atoms with Gasteiger partial charge in [-0.2, -0.15) is 0 Å². The summed E-state index contributed by atoms with van der Waals surface area (Å²) in [4.78, 5) is 26.1. The maximum absolute atomic E-state index is 12.4. The van der Waals surface area contributed by atoms with Crippen LogP contribution in [0.3, 0.4) is 0 Å². The van der Waals surface area contributed by atoms with Gasteiger partial charge in [-0.3, -0.25) is 9.78 Å². The van der Waals surface area contributed by atoms with Gasteiger partial charge in [-0.05, 0) is 72.8 Å². The quantitative estimate of drug-likeness (QED) is 0.421. The molecule has 150 valence electrons. The number of anilines is 1. The van der Waals surface area contributed by atoms with E-state index in [1.54, 1.807) is 42.9 Å². The van der Waals surface area contributed by atoms with Crippen LogP contribution >= 0.6 is 23.4 Å². The fourth-order valence-corrected chi connectivity index (χ4v) is 3.87. The van der Waals surface area contributed by atoms with Crippen molar-refractivity contribution in [2.75, 3.05) is 11.9 Å². The van der Waals surface area contributed by atoms with Gasteiger partial charge in [-0.25, -0.2) is 9.97 Å². The van der Waals surface area contributed by atoms with E-state index < -0.39 is 0 Å². The SMILES string of the molecule is Cc1cc(Sc2ncccn2)ccc1NC(=O)COc1ccc(Cl)c2cccnc12. The molecule has 1 amide bonds. The maximum Gasteiger partial charge on any atom is 0.262 e. The van der Waals surface area contributed by atoms with E-state index in [0.29, 0.717) is 21.4 Å². The Bertz CT molecular complexity index is 1200. The molecule has 4 rings (SSSR count). The zero-order valence-corrected chi connectivity index (χ0v) is 17.6. The Kier molecular flexibility index (Phi) is 6.11. The molecule has 2 aromatic heterocycles. The topological polar surface area (TPSA) is 77.0 Å². The van der Waals surface area contributed by atoms with Crippen molar-refractivity contribution in [3.05, 3.63) is 77.7 Å². The van der Waals surface area contributed by atoms with Crippen LogP contribution in [0.15, 0.2) is 77.2 Å². The minimum atomic E-state index is -0.260. The molecule has 0 unspecified atom stereocenters. The molecular formula is C22H17ClN4O2S. The number of carbonyl (C=O) groups is 1. The second kappa shape index (κ2) is 9.11. The molecule has 4 aromatic rings. The molecule has 2 aromatic carbocycles. The number of amides is 1. The first kappa shape index (κ1) is 20.1. The summed E-state index contributed by atoms with van der Waals surface area (Å²) < 4.78 is 5.70. The molecular weight excluding hydrogens is 420 g/mol. The molecule has 0 saturated heterocycles. The van der Waals surface area contributed by atoms with Crippen molar-refractivity contribution in [3.63, 3.8) is 0 Å². The highest BCUT2D eigenvalue weighted by Gasteiger charge is 2.11. The third kappa shape index (κ3) is 4.69. The van der Waals surface area contributed by atoms with Crippen LogP contribution in [0.25, 0.3) is 10.9 Å². The summed E-state index contributed by atoms with van der Waals surface area (Å²) in [7, 11) is 0. The minimum absolute atomic E-state index is 0.138. The van der Waals surface area contributed by atoms with Gasteiger partial charge in [0.1, 0.15) is 11.3 Å². The van der Waals surface area contributed by atoms with Crippen LogP contribution in [0, 0.1) is 6.92 Å². The molecule has 0 bridgehead atoms. The largest absolute Gasteiger partial charge is 0.481 e. The van der Waals surface area contributed by atoms with Gasteiger partial charge < -0.3 is 10.1 Å². The number of aromatic nitrogens is 3. The van der Waals surface area contributed by atoms with E-state index >= 15 is 0 Å². The average Bonchev–Trinajstić information content (AvgIpc) is 2.76. The van der Waals surface area contributed by atoms with Crippen molar-refractivity contribution >= 4 is 45.9 Å². The van der Waals surface area contributed by atoms with Gasteiger partial charge in [-0.15, -0.1) is 0 Å². The fourth-order valence-electron chi connectivity index (χ4n) is 2.84. The van der Waals surface area contributed by atoms with Crippen molar-refractivity contribution in [1.82, 2.24) is 15.0 Å². The van der Waals surface area contributed by atoms with Crippen LogP contribution in [0.2, 0.25) is 5.02 Å². The number of benzene rings is 2. The lowest BCUT2D eigenvalue weighted by atomic mass is 10.2. The number of aryl methyl sites for hydroxylation is 1. The second-order valence-electron chi connectivity index (χ2n) is 6.39. The first-order valence-electron chi connectivity index (χ1n) is 9.11. The molecule has 30 heavy (non-hydrogen) atoms. The van der Waals surface area contributed by atoms with Crippen molar-refractivity contribution in [2.45, 2.75) is 17.0 Å². The molecule has 0 saturated carbocycles. The van der Waals surface area contributed by atoms with Gasteiger partial charge in [0.2, 0.25) is 0 Å². The number of fused-ring (bicyclic) bond motifs is 1. The number of rotatable bonds is 6. The fraction of sp³-hybridized carbons (Fsp3) is 0.0909. The van der Waals surface area contributed by atoms with Crippen molar-refractivity contribution < 1.29 is 9.53 Å². The van der Waals surface area contributed by atoms with Crippen molar-refractivity contribution in [1.29, 1.82) is 0 Å². The van der Waals surface area contributed by atoms with Gasteiger partial charge in [0.05, 0.1) is 5.02 Å². The van der Waals surface area contributed by atoms with Gasteiger partial charge in [-0.1, -0.05) is 11.6 Å². The molecule has 8 heteroatoms. The van der Waals surface area contributed by atoms with Crippen LogP contribution in [0.4, 0.5) is 5.69 Å². The van der Waals surface area contributed by atoms with Crippen LogP contribution in [0.5, 0.6) is 5.75 Å².